The average molecular weight is 378 g/mol. The van der Waals surface area contributed by atoms with Gasteiger partial charge in [-0.15, -0.1) is 11.8 Å². The fourth-order valence-electron chi connectivity index (χ4n) is 2.37. The molecule has 0 saturated heterocycles. The summed E-state index contributed by atoms with van der Waals surface area (Å²) < 4.78 is 6.57. The number of carbonyl (C=O) groups excluding carboxylic acids is 1. The molecule has 3 nitrogen and oxygen atoms in total. The van der Waals surface area contributed by atoms with E-state index in [9.17, 15) is 4.79 Å². The number of nitrogens with zero attached hydrogens (tertiary/aromatic N) is 1. The summed E-state index contributed by atoms with van der Waals surface area (Å²) in [6.45, 7) is 0.792. The molecule has 1 amide bonds. The molecule has 0 fully saturated rings. The van der Waals surface area contributed by atoms with Crippen molar-refractivity contribution in [2.24, 2.45) is 0 Å². The lowest BCUT2D eigenvalue weighted by Crippen LogP contribution is -2.35. The summed E-state index contributed by atoms with van der Waals surface area (Å²) in [5.74, 6) is 1.72. The van der Waals surface area contributed by atoms with Crippen LogP contribution in [-0.2, 0) is 4.79 Å². The Morgan fingerprint density at radius 1 is 1.23 bits per heavy atom. The summed E-state index contributed by atoms with van der Waals surface area (Å²) in [5, 5.41) is 0. The number of para-hydroxylation sites is 1. The zero-order valence-corrected chi connectivity index (χ0v) is 14.4. The van der Waals surface area contributed by atoms with Crippen molar-refractivity contribution in [1.82, 2.24) is 0 Å². The Hall–Kier alpha value is -1.46. The summed E-state index contributed by atoms with van der Waals surface area (Å²) in [6, 6.07) is 15.6. The van der Waals surface area contributed by atoms with Crippen molar-refractivity contribution in [2.75, 3.05) is 23.8 Å². The molecule has 3 rings (SSSR count). The number of rotatable bonds is 3. The molecule has 0 spiro atoms. The number of thioether (sulfide) groups is 1. The van der Waals surface area contributed by atoms with Gasteiger partial charge in [0.25, 0.3) is 5.91 Å². The van der Waals surface area contributed by atoms with Crippen LogP contribution in [0.2, 0.25) is 0 Å². The Kier molecular flexibility index (Phi) is 5.05. The van der Waals surface area contributed by atoms with E-state index >= 15 is 0 Å². The lowest BCUT2D eigenvalue weighted by molar-refractivity contribution is -0.120. The number of halogens is 1. The molecule has 2 aromatic carbocycles. The second-order valence-corrected chi connectivity index (χ2v) is 7.01. The van der Waals surface area contributed by atoms with E-state index in [1.165, 1.54) is 0 Å². The molecule has 0 aromatic heterocycles. The van der Waals surface area contributed by atoms with Crippen LogP contribution in [0.3, 0.4) is 0 Å². The molecule has 0 bridgehead atoms. The van der Waals surface area contributed by atoms with Crippen molar-refractivity contribution in [3.63, 3.8) is 0 Å². The number of amides is 1. The first-order valence-corrected chi connectivity index (χ1v) is 8.92. The maximum atomic E-state index is 12.6. The Bertz CT molecular complexity index is 677. The van der Waals surface area contributed by atoms with Crippen LogP contribution in [0.5, 0.6) is 5.75 Å². The van der Waals surface area contributed by atoms with Crippen LogP contribution >= 0.6 is 27.7 Å². The minimum Gasteiger partial charge on any atom is -0.484 e. The van der Waals surface area contributed by atoms with Gasteiger partial charge in [-0.25, -0.2) is 0 Å². The topological polar surface area (TPSA) is 29.5 Å². The predicted octanol–water partition coefficient (Wildman–Crippen LogP) is 4.36. The van der Waals surface area contributed by atoms with Crippen molar-refractivity contribution < 1.29 is 9.53 Å². The summed E-state index contributed by atoms with van der Waals surface area (Å²) >= 11 is 5.21. The lowest BCUT2D eigenvalue weighted by Gasteiger charge is -2.22. The van der Waals surface area contributed by atoms with E-state index in [0.29, 0.717) is 5.75 Å². The van der Waals surface area contributed by atoms with E-state index in [2.05, 4.69) is 22.0 Å². The van der Waals surface area contributed by atoms with Gasteiger partial charge in [0.15, 0.2) is 6.61 Å². The van der Waals surface area contributed by atoms with Gasteiger partial charge in [-0.2, -0.15) is 0 Å². The SMILES string of the molecule is O=C(COc1cccc(Br)c1)N1CCCSc2ccccc21. The van der Waals surface area contributed by atoms with Crippen LogP contribution in [0.25, 0.3) is 0 Å². The minimum absolute atomic E-state index is 0.00470. The molecule has 1 aliphatic rings. The highest BCUT2D eigenvalue weighted by atomic mass is 79.9. The standard InChI is InChI=1S/C17H16BrNO2S/c18-13-5-3-6-14(11-13)21-12-17(20)19-9-4-10-22-16-8-2-1-7-15(16)19/h1-3,5-8,11H,4,9-10,12H2. The Labute approximate surface area is 142 Å². The summed E-state index contributed by atoms with van der Waals surface area (Å²) in [4.78, 5) is 15.6. The molecule has 1 heterocycles. The maximum absolute atomic E-state index is 12.6. The number of fused-ring (bicyclic) bond motifs is 1. The van der Waals surface area contributed by atoms with Gasteiger partial charge in [0.05, 0.1) is 5.69 Å². The zero-order chi connectivity index (χ0) is 15.4. The second-order valence-electron chi connectivity index (χ2n) is 4.96. The van der Waals surface area contributed by atoms with Gasteiger partial charge in [-0.3, -0.25) is 4.79 Å². The van der Waals surface area contributed by atoms with E-state index in [1.807, 2.05) is 47.4 Å². The van der Waals surface area contributed by atoms with E-state index in [-0.39, 0.29) is 12.5 Å². The highest BCUT2D eigenvalue weighted by Crippen LogP contribution is 2.33. The molecule has 0 N–H and O–H groups in total. The molecule has 114 valence electrons. The summed E-state index contributed by atoms with van der Waals surface area (Å²) in [6.07, 6.45) is 0.988. The molecular weight excluding hydrogens is 362 g/mol. The van der Waals surface area contributed by atoms with Gasteiger partial charge in [0.1, 0.15) is 5.75 Å². The quantitative estimate of drug-likeness (QED) is 0.795. The van der Waals surface area contributed by atoms with Crippen molar-refractivity contribution in [2.45, 2.75) is 11.3 Å². The summed E-state index contributed by atoms with van der Waals surface area (Å²) in [5.41, 5.74) is 0.993. The van der Waals surface area contributed by atoms with Gasteiger partial charge in [-0.1, -0.05) is 34.1 Å². The normalized spacial score (nSPS) is 14.1. The molecule has 0 unspecified atom stereocenters. The Morgan fingerprint density at radius 3 is 2.95 bits per heavy atom. The number of anilines is 1. The molecule has 5 heteroatoms. The van der Waals surface area contributed by atoms with Crippen LogP contribution in [0, 0.1) is 0 Å². The molecular formula is C17H16BrNO2S. The molecule has 1 aliphatic heterocycles. The highest BCUT2D eigenvalue weighted by molar-refractivity contribution is 9.10. The number of carbonyl (C=O) groups is 1. The fraction of sp³-hybridized carbons (Fsp3) is 0.235. The summed E-state index contributed by atoms with van der Waals surface area (Å²) in [7, 11) is 0. The Morgan fingerprint density at radius 2 is 2.09 bits per heavy atom. The van der Waals surface area contributed by atoms with Crippen molar-refractivity contribution in [3.05, 3.63) is 53.0 Å². The van der Waals surface area contributed by atoms with Crippen molar-refractivity contribution in [1.29, 1.82) is 0 Å². The number of hydrogen-bond acceptors (Lipinski definition) is 3. The van der Waals surface area contributed by atoms with Crippen LogP contribution in [0.15, 0.2) is 57.9 Å². The second kappa shape index (κ2) is 7.20. The van der Waals surface area contributed by atoms with Gasteiger partial charge in [-0.05, 0) is 42.5 Å². The number of benzene rings is 2. The van der Waals surface area contributed by atoms with Crippen molar-refractivity contribution in [3.8, 4) is 5.75 Å². The smallest absolute Gasteiger partial charge is 0.264 e. The first-order valence-electron chi connectivity index (χ1n) is 7.14. The highest BCUT2D eigenvalue weighted by Gasteiger charge is 2.21. The molecule has 0 atom stereocenters. The average Bonchev–Trinajstić information content (AvgIpc) is 2.75. The molecule has 0 aliphatic carbocycles. The van der Waals surface area contributed by atoms with Crippen LogP contribution < -0.4 is 9.64 Å². The van der Waals surface area contributed by atoms with E-state index < -0.39 is 0 Å². The first-order chi connectivity index (χ1) is 10.7. The third-order valence-corrected chi connectivity index (χ3v) is 5.04. The van der Waals surface area contributed by atoms with Gasteiger partial charge in [0, 0.05) is 15.9 Å². The zero-order valence-electron chi connectivity index (χ0n) is 12.0. The van der Waals surface area contributed by atoms with Gasteiger partial charge in [0.2, 0.25) is 0 Å². The monoisotopic (exact) mass is 377 g/mol. The maximum Gasteiger partial charge on any atom is 0.264 e. The minimum atomic E-state index is -0.00470. The number of ether oxygens (including phenoxy) is 1. The Balaban J connectivity index is 1.72. The molecule has 2 aromatic rings. The molecule has 0 radical (unpaired) electrons. The third-order valence-electron chi connectivity index (χ3n) is 3.40. The lowest BCUT2D eigenvalue weighted by atomic mass is 10.2. The molecule has 22 heavy (non-hydrogen) atoms. The molecule has 0 saturated carbocycles. The predicted molar refractivity (Wildman–Crippen MR) is 93.8 cm³/mol. The van der Waals surface area contributed by atoms with Crippen LogP contribution in [-0.4, -0.2) is 24.8 Å². The van der Waals surface area contributed by atoms with Gasteiger partial charge >= 0.3 is 0 Å². The van der Waals surface area contributed by atoms with E-state index in [4.69, 9.17) is 4.74 Å². The van der Waals surface area contributed by atoms with Gasteiger partial charge < -0.3 is 9.64 Å². The largest absolute Gasteiger partial charge is 0.484 e. The van der Waals surface area contributed by atoms with E-state index in [1.54, 1.807) is 11.8 Å². The first kappa shape index (κ1) is 15.4. The van der Waals surface area contributed by atoms with Crippen molar-refractivity contribution >= 4 is 39.3 Å². The fourth-order valence-corrected chi connectivity index (χ4v) is 3.74. The third kappa shape index (κ3) is 3.65. The van der Waals surface area contributed by atoms with Crippen LogP contribution in [0.1, 0.15) is 6.42 Å². The number of hydrogen-bond donors (Lipinski definition) is 0. The van der Waals surface area contributed by atoms with Crippen LogP contribution in [0.4, 0.5) is 5.69 Å². The van der Waals surface area contributed by atoms with E-state index in [0.717, 1.165) is 33.8 Å².